The van der Waals surface area contributed by atoms with E-state index < -0.39 is 26.8 Å². The van der Waals surface area contributed by atoms with Gasteiger partial charge < -0.3 is 10.8 Å². The molecule has 1 aromatic rings. The monoisotopic (exact) mass is 382 g/mol. The minimum atomic E-state index is -4.08. The molecule has 0 aliphatic carbocycles. The number of aliphatic hydroxyl groups is 1. The molecule has 5 nitrogen and oxygen atoms in total. The van der Waals surface area contributed by atoms with E-state index in [1.807, 2.05) is 13.8 Å². The van der Waals surface area contributed by atoms with Crippen molar-refractivity contribution < 1.29 is 17.9 Å². The summed E-state index contributed by atoms with van der Waals surface area (Å²) in [6.45, 7) is 3.67. The summed E-state index contributed by atoms with van der Waals surface area (Å²) in [7, 11) is -4.08. The molecule has 1 rings (SSSR count). The average molecular weight is 383 g/mol. The first-order valence-electron chi connectivity index (χ1n) is 6.65. The third kappa shape index (κ3) is 4.64. The molecule has 0 saturated carbocycles. The molecule has 0 fully saturated rings. The lowest BCUT2D eigenvalue weighted by molar-refractivity contribution is 0.107. The molecule has 0 radical (unpaired) electrons. The molecule has 0 bridgehead atoms. The first kappa shape index (κ1) is 18.3. The van der Waals surface area contributed by atoms with Crippen molar-refractivity contribution in [2.24, 2.45) is 5.92 Å². The molecule has 0 saturated heterocycles. The van der Waals surface area contributed by atoms with Gasteiger partial charge in [0.2, 0.25) is 10.0 Å². The molecule has 4 N–H and O–H groups in total. The maximum atomic E-state index is 13.9. The Morgan fingerprint density at radius 2 is 1.95 bits per heavy atom. The number of nitrogen functional groups attached to an aromatic ring is 1. The van der Waals surface area contributed by atoms with Gasteiger partial charge >= 0.3 is 0 Å². The number of sulfonamides is 1. The topological polar surface area (TPSA) is 92.4 Å². The number of hydrogen-bond acceptors (Lipinski definition) is 4. The largest absolute Gasteiger partial charge is 0.399 e. The predicted octanol–water partition coefficient (Wildman–Crippen LogP) is 2.25. The third-order valence-corrected chi connectivity index (χ3v) is 5.38. The second kappa shape index (κ2) is 7.53. The molecule has 8 heteroatoms. The van der Waals surface area contributed by atoms with Gasteiger partial charge in [-0.05, 0) is 34.0 Å². The summed E-state index contributed by atoms with van der Waals surface area (Å²) in [5, 5.41) is 9.94. The first-order valence-corrected chi connectivity index (χ1v) is 8.92. The molecule has 21 heavy (non-hydrogen) atoms. The van der Waals surface area contributed by atoms with Crippen LogP contribution in [0.4, 0.5) is 10.1 Å². The Bertz CT molecular complexity index is 591. The number of nitrogens with two attached hydrogens (primary N) is 1. The van der Waals surface area contributed by atoms with Gasteiger partial charge in [-0.2, -0.15) is 0 Å². The van der Waals surface area contributed by atoms with Crippen molar-refractivity contribution in [2.45, 2.75) is 37.7 Å². The molecule has 0 spiro atoms. The number of halogens is 2. The highest BCUT2D eigenvalue weighted by Crippen LogP contribution is 2.26. The van der Waals surface area contributed by atoms with Crippen LogP contribution in [0.3, 0.4) is 0 Å². The van der Waals surface area contributed by atoms with Crippen molar-refractivity contribution in [3.05, 3.63) is 22.4 Å². The maximum absolute atomic E-state index is 13.9. The van der Waals surface area contributed by atoms with Gasteiger partial charge in [0, 0.05) is 12.2 Å². The lowest BCUT2D eigenvalue weighted by Gasteiger charge is -2.20. The van der Waals surface area contributed by atoms with Crippen LogP contribution in [0.5, 0.6) is 0 Å². The molecule has 0 aliphatic heterocycles. The fourth-order valence-electron chi connectivity index (χ4n) is 2.05. The molecule has 0 aromatic heterocycles. The van der Waals surface area contributed by atoms with Crippen molar-refractivity contribution in [3.63, 3.8) is 0 Å². The minimum absolute atomic E-state index is 0.00914. The zero-order valence-electron chi connectivity index (χ0n) is 11.9. The fourth-order valence-corrected chi connectivity index (χ4v) is 3.84. The Morgan fingerprint density at radius 1 is 1.38 bits per heavy atom. The van der Waals surface area contributed by atoms with Gasteiger partial charge in [-0.1, -0.05) is 26.7 Å². The molecule has 1 aromatic carbocycles. The van der Waals surface area contributed by atoms with Crippen molar-refractivity contribution >= 4 is 31.6 Å². The SMILES string of the molecule is CCC(CC)C(O)CNS(=O)(=O)c1cc(N)cc(Br)c1F. The van der Waals surface area contributed by atoms with Crippen LogP contribution in [-0.2, 0) is 10.0 Å². The normalized spacial score (nSPS) is 13.6. The summed E-state index contributed by atoms with van der Waals surface area (Å²) in [4.78, 5) is -0.536. The van der Waals surface area contributed by atoms with Crippen LogP contribution >= 0.6 is 15.9 Å². The van der Waals surface area contributed by atoms with E-state index in [1.54, 1.807) is 0 Å². The van der Waals surface area contributed by atoms with Crippen molar-refractivity contribution in [3.8, 4) is 0 Å². The Kier molecular flexibility index (Phi) is 6.58. The zero-order chi connectivity index (χ0) is 16.2. The summed E-state index contributed by atoms with van der Waals surface area (Å²) < 4.78 is 40.4. The number of hydrogen-bond donors (Lipinski definition) is 3. The summed E-state index contributed by atoms with van der Waals surface area (Å²) in [5.41, 5.74) is 5.66. The van der Waals surface area contributed by atoms with Crippen LogP contribution in [0, 0.1) is 11.7 Å². The maximum Gasteiger partial charge on any atom is 0.243 e. The number of anilines is 1. The van der Waals surface area contributed by atoms with Gasteiger partial charge in [0.1, 0.15) is 4.90 Å². The van der Waals surface area contributed by atoms with Crippen LogP contribution in [0.2, 0.25) is 0 Å². The van der Waals surface area contributed by atoms with Gasteiger partial charge in [-0.15, -0.1) is 0 Å². The van der Waals surface area contributed by atoms with Crippen LogP contribution < -0.4 is 10.5 Å². The highest BCUT2D eigenvalue weighted by Gasteiger charge is 2.24. The smallest absolute Gasteiger partial charge is 0.243 e. The lowest BCUT2D eigenvalue weighted by Crippen LogP contribution is -2.36. The van der Waals surface area contributed by atoms with Crippen molar-refractivity contribution in [2.75, 3.05) is 12.3 Å². The van der Waals surface area contributed by atoms with Crippen molar-refractivity contribution in [1.29, 1.82) is 0 Å². The molecular formula is C13H20BrFN2O3S. The molecule has 120 valence electrons. The molecule has 0 aliphatic rings. The molecule has 0 amide bonds. The van der Waals surface area contributed by atoms with E-state index >= 15 is 0 Å². The quantitative estimate of drug-likeness (QED) is 0.630. The highest BCUT2D eigenvalue weighted by atomic mass is 79.9. The van der Waals surface area contributed by atoms with E-state index in [-0.39, 0.29) is 22.6 Å². The van der Waals surface area contributed by atoms with E-state index in [9.17, 15) is 17.9 Å². The van der Waals surface area contributed by atoms with Gasteiger partial charge in [-0.25, -0.2) is 17.5 Å². The fraction of sp³-hybridized carbons (Fsp3) is 0.538. The van der Waals surface area contributed by atoms with Crippen LogP contribution in [0.1, 0.15) is 26.7 Å². The van der Waals surface area contributed by atoms with Crippen molar-refractivity contribution in [1.82, 2.24) is 4.72 Å². The van der Waals surface area contributed by atoms with E-state index in [0.29, 0.717) is 0 Å². The van der Waals surface area contributed by atoms with Gasteiger partial charge in [-0.3, -0.25) is 0 Å². The average Bonchev–Trinajstić information content (AvgIpc) is 2.42. The zero-order valence-corrected chi connectivity index (χ0v) is 14.3. The first-order chi connectivity index (χ1) is 9.72. The summed E-state index contributed by atoms with van der Waals surface area (Å²) >= 11 is 2.92. The second-order valence-corrected chi connectivity index (χ2v) is 7.40. The Balaban J connectivity index is 2.93. The number of nitrogens with one attached hydrogen (secondary N) is 1. The van der Waals surface area contributed by atoms with Gasteiger partial charge in [0.25, 0.3) is 0 Å². The molecular weight excluding hydrogens is 363 g/mol. The van der Waals surface area contributed by atoms with E-state index in [0.717, 1.165) is 18.9 Å². The molecule has 1 atom stereocenters. The summed E-state index contributed by atoms with van der Waals surface area (Å²) in [6, 6.07) is 2.33. The van der Waals surface area contributed by atoms with E-state index in [4.69, 9.17) is 5.73 Å². The number of rotatable bonds is 7. The van der Waals surface area contributed by atoms with E-state index in [2.05, 4.69) is 20.7 Å². The van der Waals surface area contributed by atoms with Crippen LogP contribution in [0.15, 0.2) is 21.5 Å². The number of benzene rings is 1. The van der Waals surface area contributed by atoms with Gasteiger partial charge in [0.15, 0.2) is 5.82 Å². The Labute approximate surface area is 132 Å². The highest BCUT2D eigenvalue weighted by molar-refractivity contribution is 9.10. The lowest BCUT2D eigenvalue weighted by atomic mass is 9.97. The predicted molar refractivity (Wildman–Crippen MR) is 83.8 cm³/mol. The van der Waals surface area contributed by atoms with Crippen LogP contribution in [-0.4, -0.2) is 26.2 Å². The van der Waals surface area contributed by atoms with Gasteiger partial charge in [0.05, 0.1) is 10.6 Å². The minimum Gasteiger partial charge on any atom is -0.399 e. The Hall–Kier alpha value is -0.700. The summed E-state index contributed by atoms with van der Waals surface area (Å²) in [6.07, 6.45) is 0.650. The summed E-state index contributed by atoms with van der Waals surface area (Å²) in [5.74, 6) is -0.918. The van der Waals surface area contributed by atoms with Crippen LogP contribution in [0.25, 0.3) is 0 Å². The van der Waals surface area contributed by atoms with E-state index in [1.165, 1.54) is 6.07 Å². The molecule has 1 unspecified atom stereocenters. The number of aliphatic hydroxyl groups excluding tert-OH is 1. The Morgan fingerprint density at radius 3 is 2.48 bits per heavy atom. The second-order valence-electron chi connectivity index (χ2n) is 4.81. The molecule has 0 heterocycles. The standard InChI is InChI=1S/C13H20BrFN2O3S/c1-3-8(4-2)11(18)7-17-21(19,20)12-6-9(16)5-10(14)13(12)15/h5-6,8,11,17-18H,3-4,7,16H2,1-2H3. The third-order valence-electron chi connectivity index (χ3n) is 3.38.